The Morgan fingerprint density at radius 1 is 1.05 bits per heavy atom. The van der Waals surface area contributed by atoms with Crippen LogP contribution in [0.2, 0.25) is 5.02 Å². The maximum absolute atomic E-state index is 16.4. The smallest absolute Gasteiger partial charge is 0.293 e. The van der Waals surface area contributed by atoms with Crippen LogP contribution in [0.4, 0.5) is 21.8 Å². The fraction of sp³-hybridized carbons (Fsp3) is 0.542. The quantitative estimate of drug-likeness (QED) is 0.138. The first-order valence-corrected chi connectivity index (χ1v) is 23.5. The number of aliphatic hydroxyl groups excluding tert-OH is 1. The van der Waals surface area contributed by atoms with Gasteiger partial charge in [0.2, 0.25) is 11.9 Å². The molecule has 4 aromatic rings. The van der Waals surface area contributed by atoms with Gasteiger partial charge in [0.1, 0.15) is 17.1 Å². The second-order valence-electron chi connectivity index (χ2n) is 19.4. The molecule has 6 heterocycles. The van der Waals surface area contributed by atoms with Crippen molar-refractivity contribution in [2.75, 3.05) is 50.1 Å². The molecule has 3 saturated heterocycles. The van der Waals surface area contributed by atoms with Crippen LogP contribution in [0.3, 0.4) is 0 Å². The summed E-state index contributed by atoms with van der Waals surface area (Å²) < 4.78 is 30.3. The molecule has 3 atom stereocenters. The lowest BCUT2D eigenvalue weighted by Crippen LogP contribution is -2.55. The highest BCUT2D eigenvalue weighted by molar-refractivity contribution is 6.33. The first-order valence-electron chi connectivity index (χ1n) is 23.1. The van der Waals surface area contributed by atoms with Gasteiger partial charge in [-0.1, -0.05) is 31.5 Å². The van der Waals surface area contributed by atoms with Crippen molar-refractivity contribution in [2.45, 2.75) is 122 Å². The molecule has 0 bridgehead atoms. The molecule has 2 aromatic heterocycles. The Labute approximate surface area is 388 Å². The highest BCUT2D eigenvalue weighted by Gasteiger charge is 2.46. The van der Waals surface area contributed by atoms with Crippen LogP contribution < -0.4 is 31.1 Å². The Morgan fingerprint density at radius 3 is 2.53 bits per heavy atom. The number of anilines is 3. The molecule has 4 N–H and O–H groups in total. The number of fused-ring (bicyclic) bond motifs is 2. The largest absolute Gasteiger partial charge is 0.478 e. The monoisotopic (exact) mass is 927 g/mol. The minimum atomic E-state index is -1.17. The summed E-state index contributed by atoms with van der Waals surface area (Å²) in [6, 6.07) is 10.5. The summed E-state index contributed by atoms with van der Waals surface area (Å²) in [6.07, 6.45) is 5.72. The van der Waals surface area contributed by atoms with Crippen molar-refractivity contribution in [3.05, 3.63) is 80.5 Å². The SMILES string of the molecule is CNC(=O)COc1cc2cc(Nc3nc(N4CCC(OC5CC(N6CC[C@H](c7ccc8c(c7F)CN([C@H]7CCC(=O)NC7O)C8=O)C(C)(C)C6)C5)CC4)ncc3Cl)ccc2n(C(C)C)c1=O. The number of aliphatic hydroxyl groups is 1. The minimum absolute atomic E-state index is 0.0150. The number of hydrogen-bond acceptors (Lipinski definition) is 12. The van der Waals surface area contributed by atoms with Crippen LogP contribution in [0, 0.1) is 11.2 Å². The third-order valence-electron chi connectivity index (χ3n) is 14.3. The van der Waals surface area contributed by atoms with E-state index in [1.54, 1.807) is 29.0 Å². The van der Waals surface area contributed by atoms with Gasteiger partial charge in [-0.05, 0) is 106 Å². The van der Waals surface area contributed by atoms with Crippen LogP contribution in [0.5, 0.6) is 5.75 Å². The summed E-state index contributed by atoms with van der Waals surface area (Å²) in [6.45, 7) is 11.2. The predicted molar refractivity (Wildman–Crippen MR) is 248 cm³/mol. The molecule has 0 spiro atoms. The summed E-state index contributed by atoms with van der Waals surface area (Å²) in [5.41, 5.74) is 2.28. The van der Waals surface area contributed by atoms with E-state index in [1.807, 2.05) is 32.0 Å². The molecule has 16 nitrogen and oxygen atoms in total. The number of piperidine rings is 3. The molecule has 1 aliphatic carbocycles. The van der Waals surface area contributed by atoms with Gasteiger partial charge < -0.3 is 44.9 Å². The summed E-state index contributed by atoms with van der Waals surface area (Å²) in [5.74, 6) is -0.125. The molecule has 18 heteroatoms. The van der Waals surface area contributed by atoms with Crippen LogP contribution in [-0.2, 0) is 20.9 Å². The average Bonchev–Trinajstić information content (AvgIpc) is 3.60. The number of amides is 3. The normalized spacial score (nSPS) is 24.6. The molecule has 1 saturated carbocycles. The number of hydrogen-bond donors (Lipinski definition) is 4. The third kappa shape index (κ3) is 8.94. The molecule has 1 unspecified atom stereocenters. The van der Waals surface area contributed by atoms with Crippen LogP contribution in [0.1, 0.15) is 106 Å². The molecule has 9 rings (SSSR count). The Balaban J connectivity index is 0.766. The first kappa shape index (κ1) is 45.8. The zero-order valence-electron chi connectivity index (χ0n) is 38.1. The maximum atomic E-state index is 16.4. The number of ether oxygens (including phenoxy) is 2. The first-order chi connectivity index (χ1) is 31.6. The number of rotatable bonds is 12. The van der Waals surface area contributed by atoms with Crippen LogP contribution in [0.25, 0.3) is 10.9 Å². The van der Waals surface area contributed by atoms with Gasteiger partial charge in [-0.3, -0.25) is 24.1 Å². The zero-order valence-corrected chi connectivity index (χ0v) is 38.9. The molecule has 2 aromatic carbocycles. The van der Waals surface area contributed by atoms with Crippen molar-refractivity contribution in [2.24, 2.45) is 5.41 Å². The highest BCUT2D eigenvalue weighted by Crippen LogP contribution is 2.47. The van der Waals surface area contributed by atoms with Crippen molar-refractivity contribution in [3.8, 4) is 5.75 Å². The lowest BCUT2D eigenvalue weighted by Gasteiger charge is -2.51. The van der Waals surface area contributed by atoms with Crippen molar-refractivity contribution >= 4 is 57.7 Å². The van der Waals surface area contributed by atoms with E-state index in [0.29, 0.717) is 51.6 Å². The van der Waals surface area contributed by atoms with E-state index in [1.165, 1.54) is 11.9 Å². The van der Waals surface area contributed by atoms with Gasteiger partial charge in [0.05, 0.1) is 36.5 Å². The second kappa shape index (κ2) is 18.4. The van der Waals surface area contributed by atoms with Gasteiger partial charge in [0.15, 0.2) is 18.2 Å². The molecular weight excluding hydrogens is 869 g/mol. The predicted octanol–water partition coefficient (Wildman–Crippen LogP) is 5.62. The van der Waals surface area contributed by atoms with Gasteiger partial charge in [-0.2, -0.15) is 4.98 Å². The Bertz CT molecular complexity index is 2600. The zero-order chi connectivity index (χ0) is 46.6. The van der Waals surface area contributed by atoms with Crippen LogP contribution >= 0.6 is 11.6 Å². The fourth-order valence-electron chi connectivity index (χ4n) is 10.7. The van der Waals surface area contributed by atoms with Crippen molar-refractivity contribution in [3.63, 3.8) is 0 Å². The summed E-state index contributed by atoms with van der Waals surface area (Å²) >= 11 is 6.61. The lowest BCUT2D eigenvalue weighted by atomic mass is 9.69. The molecule has 4 aliphatic heterocycles. The Kier molecular flexibility index (Phi) is 12.7. The third-order valence-corrected chi connectivity index (χ3v) is 14.6. The number of likely N-dealkylation sites (N-methyl/N-ethyl adjacent to an activating group) is 1. The molecule has 4 fully saturated rings. The van der Waals surface area contributed by atoms with Gasteiger partial charge in [-0.25, -0.2) is 9.37 Å². The molecule has 66 heavy (non-hydrogen) atoms. The standard InChI is InChI=1S/C48H59ClFN9O7/c1-26(2)59-37-9-6-28(18-27(37)19-39(46(59)64)65-24-41(61)51-5)53-43-36(49)22-52-47(55-43)56-15-12-30(13-16-56)66-31-20-29(21-31)57-17-14-35(48(3,4)25-57)33-8-7-32-34(42(33)50)23-58(45(32)63)38-10-11-40(60)54-44(38)62/h6-9,18-19,22,26,29-31,35,38,44,62H,10-17,20-21,23-25H2,1-5H3,(H,51,61)(H,54,60)(H,52,53,55)/t29?,31?,35-,38+,44?/m1/s1. The number of halogens is 2. The van der Waals surface area contributed by atoms with E-state index in [0.717, 1.165) is 69.2 Å². The van der Waals surface area contributed by atoms with Crippen molar-refractivity contribution < 1.29 is 33.4 Å². The van der Waals surface area contributed by atoms with E-state index in [4.69, 9.17) is 26.1 Å². The number of carbonyl (C=O) groups excluding carboxylic acids is 3. The number of pyridine rings is 1. The lowest BCUT2D eigenvalue weighted by molar-refractivity contribution is -0.129. The molecule has 352 valence electrons. The summed E-state index contributed by atoms with van der Waals surface area (Å²) in [5, 5.41) is 19.9. The van der Waals surface area contributed by atoms with E-state index >= 15 is 4.39 Å². The van der Waals surface area contributed by atoms with Crippen molar-refractivity contribution in [1.29, 1.82) is 0 Å². The van der Waals surface area contributed by atoms with Gasteiger partial charge >= 0.3 is 0 Å². The molecule has 0 radical (unpaired) electrons. The average molecular weight is 929 g/mol. The Hall–Kier alpha value is -5.36. The molecule has 5 aliphatic rings. The summed E-state index contributed by atoms with van der Waals surface area (Å²) in [7, 11) is 1.51. The van der Waals surface area contributed by atoms with E-state index in [9.17, 15) is 24.3 Å². The van der Waals surface area contributed by atoms with E-state index < -0.39 is 12.3 Å². The number of likely N-dealkylation sites (tertiary alicyclic amines) is 1. The minimum Gasteiger partial charge on any atom is -0.478 e. The topological polar surface area (TPSA) is 183 Å². The highest BCUT2D eigenvalue weighted by atomic mass is 35.5. The Morgan fingerprint density at radius 2 is 1.82 bits per heavy atom. The number of nitrogens with one attached hydrogen (secondary N) is 3. The number of carbonyl (C=O) groups is 3. The van der Waals surface area contributed by atoms with Crippen LogP contribution in [-0.4, -0.2) is 118 Å². The van der Waals surface area contributed by atoms with Gasteiger partial charge in [-0.15, -0.1) is 0 Å². The van der Waals surface area contributed by atoms with E-state index in [-0.39, 0.29) is 84.0 Å². The summed E-state index contributed by atoms with van der Waals surface area (Å²) in [4.78, 5) is 65.8. The maximum Gasteiger partial charge on any atom is 0.293 e. The second-order valence-corrected chi connectivity index (χ2v) is 19.8. The van der Waals surface area contributed by atoms with Gasteiger partial charge in [0, 0.05) is 67.4 Å². The number of nitrogens with zero attached hydrogens (tertiary/aromatic N) is 6. The number of benzene rings is 2. The molecule has 3 amide bonds. The number of aromatic nitrogens is 3. The van der Waals surface area contributed by atoms with Crippen molar-refractivity contribution in [1.82, 2.24) is 35.0 Å². The van der Waals surface area contributed by atoms with Gasteiger partial charge in [0.25, 0.3) is 17.4 Å². The van der Waals surface area contributed by atoms with E-state index in [2.05, 4.69) is 44.6 Å². The van der Waals surface area contributed by atoms with Crippen LogP contribution in [0.15, 0.2) is 47.4 Å². The fourth-order valence-corrected chi connectivity index (χ4v) is 10.8. The molecular formula is C48H59ClFN9O7.